The standard InChI is InChI=1S/C17H14N4/c1-2-8-21(13-15-6-4-3-5-7-15)14-17(12-20)9-16(10-18)11-19/h2-7,9,14H,1,8,13H2/b17-14-. The van der Waals surface area contributed by atoms with Gasteiger partial charge in [-0.25, -0.2) is 0 Å². The monoisotopic (exact) mass is 274 g/mol. The second-order valence-corrected chi connectivity index (χ2v) is 4.18. The van der Waals surface area contributed by atoms with Gasteiger partial charge in [-0.05, 0) is 11.6 Å². The summed E-state index contributed by atoms with van der Waals surface area (Å²) in [5.41, 5.74) is 1.25. The zero-order chi connectivity index (χ0) is 15.5. The van der Waals surface area contributed by atoms with E-state index in [0.717, 1.165) is 5.56 Å². The summed E-state index contributed by atoms with van der Waals surface area (Å²) in [4.78, 5) is 1.89. The van der Waals surface area contributed by atoms with Gasteiger partial charge in [-0.15, -0.1) is 6.58 Å². The smallest absolute Gasteiger partial charge is 0.131 e. The van der Waals surface area contributed by atoms with Crippen LogP contribution >= 0.6 is 0 Å². The van der Waals surface area contributed by atoms with E-state index in [1.807, 2.05) is 41.3 Å². The number of hydrogen-bond acceptors (Lipinski definition) is 4. The lowest BCUT2D eigenvalue weighted by atomic mass is 10.2. The van der Waals surface area contributed by atoms with Crippen molar-refractivity contribution < 1.29 is 0 Å². The van der Waals surface area contributed by atoms with Crippen LogP contribution in [0.15, 0.2) is 66.4 Å². The van der Waals surface area contributed by atoms with Crippen LogP contribution in [0.3, 0.4) is 0 Å². The van der Waals surface area contributed by atoms with Gasteiger partial charge in [-0.2, -0.15) is 15.8 Å². The first kappa shape index (κ1) is 15.8. The summed E-state index contributed by atoms with van der Waals surface area (Å²) >= 11 is 0. The lowest BCUT2D eigenvalue weighted by Crippen LogP contribution is -2.17. The fraction of sp³-hybridized carbons (Fsp3) is 0.118. The van der Waals surface area contributed by atoms with Crippen molar-refractivity contribution in [3.8, 4) is 18.2 Å². The van der Waals surface area contributed by atoms with E-state index >= 15 is 0 Å². The zero-order valence-electron chi connectivity index (χ0n) is 11.5. The summed E-state index contributed by atoms with van der Waals surface area (Å²) in [5.74, 6) is 0. The van der Waals surface area contributed by atoms with Gasteiger partial charge in [0, 0.05) is 19.3 Å². The maximum atomic E-state index is 9.11. The minimum atomic E-state index is -0.0962. The first-order chi connectivity index (χ1) is 10.2. The number of nitriles is 3. The summed E-state index contributed by atoms with van der Waals surface area (Å²) in [7, 11) is 0. The lowest BCUT2D eigenvalue weighted by Gasteiger charge is -2.18. The van der Waals surface area contributed by atoms with Gasteiger partial charge in [0.1, 0.15) is 23.8 Å². The van der Waals surface area contributed by atoms with E-state index in [-0.39, 0.29) is 11.1 Å². The second kappa shape index (κ2) is 8.75. The summed E-state index contributed by atoms with van der Waals surface area (Å²) < 4.78 is 0. The van der Waals surface area contributed by atoms with Gasteiger partial charge in [0.25, 0.3) is 0 Å². The highest BCUT2D eigenvalue weighted by atomic mass is 15.1. The van der Waals surface area contributed by atoms with Crippen LogP contribution in [0.4, 0.5) is 0 Å². The molecule has 0 aliphatic heterocycles. The molecule has 1 rings (SSSR count). The van der Waals surface area contributed by atoms with E-state index < -0.39 is 0 Å². The average Bonchev–Trinajstić information content (AvgIpc) is 2.52. The third-order valence-corrected chi connectivity index (χ3v) is 2.58. The third kappa shape index (κ3) is 5.47. The maximum Gasteiger partial charge on any atom is 0.131 e. The second-order valence-electron chi connectivity index (χ2n) is 4.18. The van der Waals surface area contributed by atoms with E-state index in [2.05, 4.69) is 6.58 Å². The van der Waals surface area contributed by atoms with Crippen molar-refractivity contribution in [3.63, 3.8) is 0 Å². The fourth-order valence-corrected chi connectivity index (χ4v) is 1.69. The molecule has 0 aliphatic rings. The van der Waals surface area contributed by atoms with E-state index in [0.29, 0.717) is 13.1 Å². The number of rotatable bonds is 6. The molecular weight excluding hydrogens is 260 g/mol. The normalized spacial score (nSPS) is 9.67. The van der Waals surface area contributed by atoms with Crippen LogP contribution in [0.5, 0.6) is 0 Å². The molecule has 4 nitrogen and oxygen atoms in total. The Kier molecular flexibility index (Phi) is 6.57. The highest BCUT2D eigenvalue weighted by Gasteiger charge is 2.03. The molecule has 0 unspecified atom stereocenters. The van der Waals surface area contributed by atoms with Crippen LogP contribution in [-0.2, 0) is 6.54 Å². The van der Waals surface area contributed by atoms with Crippen LogP contribution in [0, 0.1) is 34.0 Å². The number of hydrogen-bond donors (Lipinski definition) is 0. The molecule has 102 valence electrons. The van der Waals surface area contributed by atoms with Crippen molar-refractivity contribution in [1.29, 1.82) is 15.8 Å². The summed E-state index contributed by atoms with van der Waals surface area (Å²) in [6.45, 7) is 4.86. The number of nitrogens with zero attached hydrogens (tertiary/aromatic N) is 4. The van der Waals surface area contributed by atoms with Crippen molar-refractivity contribution in [1.82, 2.24) is 4.90 Å². The van der Waals surface area contributed by atoms with Gasteiger partial charge in [-0.3, -0.25) is 0 Å². The van der Waals surface area contributed by atoms with Crippen LogP contribution in [0.25, 0.3) is 0 Å². The highest BCUT2D eigenvalue weighted by molar-refractivity contribution is 5.45. The van der Waals surface area contributed by atoms with Crippen LogP contribution in [0.1, 0.15) is 5.56 Å². The van der Waals surface area contributed by atoms with Gasteiger partial charge in [-0.1, -0.05) is 36.4 Å². The van der Waals surface area contributed by atoms with E-state index in [1.54, 1.807) is 24.4 Å². The molecule has 0 bridgehead atoms. The zero-order valence-corrected chi connectivity index (χ0v) is 11.5. The summed E-state index contributed by atoms with van der Waals surface area (Å²) in [6.07, 6.45) is 4.64. The van der Waals surface area contributed by atoms with Gasteiger partial charge in [0.05, 0.1) is 5.57 Å². The number of benzene rings is 1. The molecule has 21 heavy (non-hydrogen) atoms. The molecule has 0 aromatic heterocycles. The van der Waals surface area contributed by atoms with Crippen molar-refractivity contribution >= 4 is 0 Å². The van der Waals surface area contributed by atoms with E-state index in [4.69, 9.17) is 15.8 Å². The predicted molar refractivity (Wildman–Crippen MR) is 80.1 cm³/mol. The first-order valence-corrected chi connectivity index (χ1v) is 6.26. The lowest BCUT2D eigenvalue weighted by molar-refractivity contribution is 0.408. The molecule has 0 aliphatic carbocycles. The Bertz CT molecular complexity index is 647. The molecule has 0 radical (unpaired) electrons. The molecular formula is C17H14N4. The molecule has 4 heteroatoms. The van der Waals surface area contributed by atoms with Crippen LogP contribution in [-0.4, -0.2) is 11.4 Å². The van der Waals surface area contributed by atoms with Crippen molar-refractivity contribution in [3.05, 3.63) is 72.0 Å². The SMILES string of the molecule is C=CCN(/C=C(\C#N)C=C(C#N)C#N)Cc1ccccc1. The average molecular weight is 274 g/mol. The van der Waals surface area contributed by atoms with Crippen molar-refractivity contribution in [2.75, 3.05) is 6.54 Å². The third-order valence-electron chi connectivity index (χ3n) is 2.58. The molecule has 0 atom stereocenters. The Hall–Kier alpha value is -3.29. The minimum absolute atomic E-state index is 0.0962. The largest absolute Gasteiger partial charge is 0.368 e. The first-order valence-electron chi connectivity index (χ1n) is 6.26. The number of allylic oxidation sites excluding steroid dienone is 3. The van der Waals surface area contributed by atoms with Gasteiger partial charge in [0.15, 0.2) is 0 Å². The molecule has 0 amide bonds. The molecule has 0 spiro atoms. The summed E-state index contributed by atoms with van der Waals surface area (Å²) in [6, 6.07) is 15.3. The highest BCUT2D eigenvalue weighted by Crippen LogP contribution is 2.09. The molecule has 0 fully saturated rings. The Labute approximate surface area is 124 Å². The predicted octanol–water partition coefficient (Wildman–Crippen LogP) is 3.06. The molecule has 1 aromatic carbocycles. The Morgan fingerprint density at radius 3 is 2.29 bits per heavy atom. The van der Waals surface area contributed by atoms with Crippen LogP contribution in [0.2, 0.25) is 0 Å². The minimum Gasteiger partial charge on any atom is -0.368 e. The Morgan fingerprint density at radius 1 is 1.10 bits per heavy atom. The van der Waals surface area contributed by atoms with E-state index in [9.17, 15) is 0 Å². The topological polar surface area (TPSA) is 74.6 Å². The van der Waals surface area contributed by atoms with Gasteiger partial charge in [0.2, 0.25) is 0 Å². The summed E-state index contributed by atoms with van der Waals surface area (Å²) in [5, 5.41) is 26.6. The maximum absolute atomic E-state index is 9.11. The Balaban J connectivity index is 3.00. The van der Waals surface area contributed by atoms with Gasteiger partial charge >= 0.3 is 0 Å². The van der Waals surface area contributed by atoms with Gasteiger partial charge < -0.3 is 4.90 Å². The Morgan fingerprint density at radius 2 is 1.76 bits per heavy atom. The van der Waals surface area contributed by atoms with Crippen molar-refractivity contribution in [2.45, 2.75) is 6.54 Å². The molecule has 0 N–H and O–H groups in total. The molecule has 0 saturated carbocycles. The quantitative estimate of drug-likeness (QED) is 0.454. The molecule has 1 aromatic rings. The molecule has 0 saturated heterocycles. The van der Waals surface area contributed by atoms with Crippen molar-refractivity contribution in [2.24, 2.45) is 0 Å². The van der Waals surface area contributed by atoms with E-state index in [1.165, 1.54) is 6.08 Å². The fourth-order valence-electron chi connectivity index (χ4n) is 1.69. The van der Waals surface area contributed by atoms with Crippen LogP contribution < -0.4 is 0 Å². The molecule has 0 heterocycles.